The third kappa shape index (κ3) is 9.84. The fourth-order valence-electron chi connectivity index (χ4n) is 1.46. The first-order valence-electron chi connectivity index (χ1n) is 5.42. The summed E-state index contributed by atoms with van der Waals surface area (Å²) >= 11 is 0. The van der Waals surface area contributed by atoms with Crippen LogP contribution < -0.4 is 0 Å². The van der Waals surface area contributed by atoms with Crippen molar-refractivity contribution in [3.8, 4) is 0 Å². The van der Waals surface area contributed by atoms with Gasteiger partial charge >= 0.3 is 0 Å². The summed E-state index contributed by atoms with van der Waals surface area (Å²) in [7, 11) is 4.24. The lowest BCUT2D eigenvalue weighted by atomic mass is 10.0. The van der Waals surface area contributed by atoms with E-state index in [0.717, 1.165) is 6.42 Å². The van der Waals surface area contributed by atoms with Gasteiger partial charge in [0.15, 0.2) is 0 Å². The highest BCUT2D eigenvalue weighted by atomic mass is 16.3. The molecule has 0 aliphatic heterocycles. The lowest BCUT2D eigenvalue weighted by molar-refractivity contribution is 0.256. The first-order valence-corrected chi connectivity index (χ1v) is 5.42. The minimum atomic E-state index is 0.346. The standard InChI is InChI=1S/C11H25NO/c1-11(8-10-13)7-5-4-6-9-12(2)3/h11,13H,4-10H2,1-3H3/t11-/m1/s1. The number of aliphatic hydroxyl groups excluding tert-OH is 1. The summed E-state index contributed by atoms with van der Waals surface area (Å²) in [5, 5.41) is 8.71. The van der Waals surface area contributed by atoms with Crippen LogP contribution in [-0.4, -0.2) is 37.3 Å². The fraction of sp³-hybridized carbons (Fsp3) is 1.00. The molecule has 0 unspecified atom stereocenters. The van der Waals surface area contributed by atoms with Crippen LogP contribution in [0.4, 0.5) is 0 Å². The molecule has 0 aliphatic carbocycles. The van der Waals surface area contributed by atoms with Crippen molar-refractivity contribution in [1.29, 1.82) is 0 Å². The van der Waals surface area contributed by atoms with Gasteiger partial charge in [-0.05, 0) is 39.4 Å². The molecule has 0 amide bonds. The van der Waals surface area contributed by atoms with E-state index in [-0.39, 0.29) is 0 Å². The Hall–Kier alpha value is -0.0800. The van der Waals surface area contributed by atoms with Gasteiger partial charge < -0.3 is 10.0 Å². The molecule has 0 aromatic heterocycles. The summed E-state index contributed by atoms with van der Waals surface area (Å²) < 4.78 is 0. The van der Waals surface area contributed by atoms with Crippen molar-refractivity contribution < 1.29 is 5.11 Å². The first-order chi connectivity index (χ1) is 6.16. The van der Waals surface area contributed by atoms with Gasteiger partial charge in [0.2, 0.25) is 0 Å². The smallest absolute Gasteiger partial charge is 0.0433 e. The lowest BCUT2D eigenvalue weighted by Gasteiger charge is -2.11. The Morgan fingerprint density at radius 1 is 1.08 bits per heavy atom. The Bertz CT molecular complexity index is 104. The van der Waals surface area contributed by atoms with E-state index >= 15 is 0 Å². The van der Waals surface area contributed by atoms with Gasteiger partial charge in [-0.2, -0.15) is 0 Å². The average molecular weight is 187 g/mol. The minimum Gasteiger partial charge on any atom is -0.396 e. The second kappa shape index (κ2) is 8.52. The van der Waals surface area contributed by atoms with Crippen molar-refractivity contribution in [2.75, 3.05) is 27.2 Å². The van der Waals surface area contributed by atoms with Crippen LogP contribution in [0.5, 0.6) is 0 Å². The Kier molecular flexibility index (Phi) is 8.46. The molecule has 0 aliphatic rings. The quantitative estimate of drug-likeness (QED) is 0.588. The number of nitrogens with zero attached hydrogens (tertiary/aromatic N) is 1. The maximum absolute atomic E-state index is 8.71. The van der Waals surface area contributed by atoms with Crippen LogP contribution in [0.3, 0.4) is 0 Å². The van der Waals surface area contributed by atoms with E-state index in [9.17, 15) is 0 Å². The van der Waals surface area contributed by atoms with E-state index in [1.807, 2.05) is 0 Å². The average Bonchev–Trinajstić information content (AvgIpc) is 2.03. The van der Waals surface area contributed by atoms with E-state index in [1.54, 1.807) is 0 Å². The Morgan fingerprint density at radius 2 is 1.77 bits per heavy atom. The predicted octanol–water partition coefficient (Wildman–Crippen LogP) is 2.13. The SMILES string of the molecule is C[C@@H](CCO)CCCCCN(C)C. The van der Waals surface area contributed by atoms with E-state index in [2.05, 4.69) is 25.9 Å². The van der Waals surface area contributed by atoms with E-state index in [0.29, 0.717) is 12.5 Å². The van der Waals surface area contributed by atoms with Gasteiger partial charge in [-0.15, -0.1) is 0 Å². The van der Waals surface area contributed by atoms with Crippen molar-refractivity contribution in [2.24, 2.45) is 5.92 Å². The van der Waals surface area contributed by atoms with Gasteiger partial charge in [0.25, 0.3) is 0 Å². The number of aliphatic hydroxyl groups is 1. The van der Waals surface area contributed by atoms with Crippen molar-refractivity contribution in [1.82, 2.24) is 4.90 Å². The molecule has 0 rings (SSSR count). The molecule has 0 saturated carbocycles. The zero-order valence-electron chi connectivity index (χ0n) is 9.42. The maximum atomic E-state index is 8.71. The molecular formula is C11H25NO. The van der Waals surface area contributed by atoms with Crippen molar-refractivity contribution in [2.45, 2.75) is 39.0 Å². The highest BCUT2D eigenvalue weighted by Crippen LogP contribution is 2.12. The molecular weight excluding hydrogens is 162 g/mol. The third-order valence-corrected chi connectivity index (χ3v) is 2.42. The zero-order valence-corrected chi connectivity index (χ0v) is 9.42. The summed E-state index contributed by atoms with van der Waals surface area (Å²) in [6.07, 6.45) is 6.18. The van der Waals surface area contributed by atoms with Crippen LogP contribution in [0.2, 0.25) is 0 Å². The summed E-state index contributed by atoms with van der Waals surface area (Å²) in [6.45, 7) is 3.77. The van der Waals surface area contributed by atoms with Gasteiger partial charge in [-0.3, -0.25) is 0 Å². The zero-order chi connectivity index (χ0) is 10.1. The van der Waals surface area contributed by atoms with Gasteiger partial charge in [-0.25, -0.2) is 0 Å². The molecule has 0 aromatic rings. The monoisotopic (exact) mass is 187 g/mol. The molecule has 0 saturated heterocycles. The third-order valence-electron chi connectivity index (χ3n) is 2.42. The summed E-state index contributed by atoms with van der Waals surface area (Å²) in [6, 6.07) is 0. The molecule has 0 bridgehead atoms. The second-order valence-corrected chi connectivity index (χ2v) is 4.27. The van der Waals surface area contributed by atoms with Crippen molar-refractivity contribution >= 4 is 0 Å². The van der Waals surface area contributed by atoms with Crippen LogP contribution in [0.1, 0.15) is 39.0 Å². The number of rotatable bonds is 8. The highest BCUT2D eigenvalue weighted by Gasteiger charge is 2.00. The molecule has 13 heavy (non-hydrogen) atoms. The predicted molar refractivity (Wildman–Crippen MR) is 57.9 cm³/mol. The Labute approximate surface area is 82.9 Å². The summed E-state index contributed by atoms with van der Waals surface area (Å²) in [4.78, 5) is 2.23. The normalized spacial score (nSPS) is 13.6. The van der Waals surface area contributed by atoms with E-state index < -0.39 is 0 Å². The molecule has 80 valence electrons. The fourth-order valence-corrected chi connectivity index (χ4v) is 1.46. The number of hydrogen-bond acceptors (Lipinski definition) is 2. The number of unbranched alkanes of at least 4 members (excludes halogenated alkanes) is 2. The Morgan fingerprint density at radius 3 is 2.31 bits per heavy atom. The molecule has 0 radical (unpaired) electrons. The van der Waals surface area contributed by atoms with Gasteiger partial charge in [-0.1, -0.05) is 26.2 Å². The maximum Gasteiger partial charge on any atom is 0.0433 e. The molecule has 0 heterocycles. The molecule has 2 heteroatoms. The Balaban J connectivity index is 3.06. The second-order valence-electron chi connectivity index (χ2n) is 4.27. The first kappa shape index (κ1) is 12.9. The molecule has 1 N–H and O–H groups in total. The molecule has 0 fully saturated rings. The van der Waals surface area contributed by atoms with Crippen LogP contribution in [0, 0.1) is 5.92 Å². The van der Waals surface area contributed by atoms with E-state index in [4.69, 9.17) is 5.11 Å². The van der Waals surface area contributed by atoms with Crippen LogP contribution >= 0.6 is 0 Å². The van der Waals surface area contributed by atoms with Crippen molar-refractivity contribution in [3.05, 3.63) is 0 Å². The minimum absolute atomic E-state index is 0.346. The van der Waals surface area contributed by atoms with Crippen LogP contribution in [0.25, 0.3) is 0 Å². The number of hydrogen-bond donors (Lipinski definition) is 1. The van der Waals surface area contributed by atoms with Crippen LogP contribution in [0.15, 0.2) is 0 Å². The van der Waals surface area contributed by atoms with Crippen molar-refractivity contribution in [3.63, 3.8) is 0 Å². The van der Waals surface area contributed by atoms with Gasteiger partial charge in [0.05, 0.1) is 0 Å². The topological polar surface area (TPSA) is 23.5 Å². The molecule has 2 nitrogen and oxygen atoms in total. The molecule has 0 spiro atoms. The largest absolute Gasteiger partial charge is 0.396 e. The lowest BCUT2D eigenvalue weighted by Crippen LogP contribution is -2.12. The van der Waals surface area contributed by atoms with Gasteiger partial charge in [0.1, 0.15) is 0 Å². The summed E-state index contributed by atoms with van der Waals surface area (Å²) in [5.41, 5.74) is 0. The molecule has 0 aromatic carbocycles. The van der Waals surface area contributed by atoms with E-state index in [1.165, 1.54) is 32.2 Å². The van der Waals surface area contributed by atoms with Crippen LogP contribution in [-0.2, 0) is 0 Å². The molecule has 1 atom stereocenters. The van der Waals surface area contributed by atoms with Gasteiger partial charge in [0, 0.05) is 6.61 Å². The highest BCUT2D eigenvalue weighted by molar-refractivity contribution is 4.53. The summed E-state index contributed by atoms with van der Waals surface area (Å²) in [5.74, 6) is 0.698.